The van der Waals surface area contributed by atoms with Gasteiger partial charge in [0.1, 0.15) is 12.1 Å². The van der Waals surface area contributed by atoms with Crippen molar-refractivity contribution in [2.24, 2.45) is 0 Å². The summed E-state index contributed by atoms with van der Waals surface area (Å²) < 4.78 is 38.5. The van der Waals surface area contributed by atoms with E-state index in [-0.39, 0.29) is 12.2 Å². The minimum atomic E-state index is -4.94. The first-order valence-corrected chi connectivity index (χ1v) is 5.42. The van der Waals surface area contributed by atoms with Crippen LogP contribution < -0.4 is 4.90 Å². The Morgan fingerprint density at radius 1 is 1.48 bits per heavy atom. The predicted octanol–water partition coefficient (Wildman–Crippen LogP) is 2.14. The Hall–Kier alpha value is -2.76. The van der Waals surface area contributed by atoms with Crippen LogP contribution >= 0.6 is 0 Å². The monoisotopic (exact) mass is 302 g/mol. The highest BCUT2D eigenvalue weighted by Crippen LogP contribution is 2.38. The molecular formula is C12H9F3N2O4. The molecule has 0 aliphatic carbocycles. The van der Waals surface area contributed by atoms with Gasteiger partial charge in [0.25, 0.3) is 5.69 Å². The number of nitro groups is 1. The molecule has 0 aliphatic heterocycles. The molecule has 0 bridgehead atoms. The molecule has 0 atom stereocenters. The number of benzene rings is 1. The van der Waals surface area contributed by atoms with E-state index < -0.39 is 34.9 Å². The van der Waals surface area contributed by atoms with Gasteiger partial charge in [0, 0.05) is 11.8 Å². The van der Waals surface area contributed by atoms with Gasteiger partial charge in [-0.3, -0.25) is 14.9 Å². The lowest BCUT2D eigenvalue weighted by Gasteiger charge is -2.21. The third kappa shape index (κ3) is 4.10. The van der Waals surface area contributed by atoms with Crippen LogP contribution in [0.5, 0.6) is 0 Å². The first-order chi connectivity index (χ1) is 9.66. The second kappa shape index (κ2) is 6.13. The summed E-state index contributed by atoms with van der Waals surface area (Å²) in [6, 6.07) is 2.20. The van der Waals surface area contributed by atoms with Crippen LogP contribution in [0.25, 0.3) is 0 Å². The number of nitro benzene ring substituents is 1. The number of hydrogen-bond acceptors (Lipinski definition) is 4. The van der Waals surface area contributed by atoms with Crippen LogP contribution in [0, 0.1) is 22.5 Å². The van der Waals surface area contributed by atoms with Crippen LogP contribution in [0.3, 0.4) is 0 Å². The van der Waals surface area contributed by atoms with Gasteiger partial charge in [-0.05, 0) is 12.1 Å². The molecule has 0 heterocycles. The average molecular weight is 302 g/mol. The summed E-state index contributed by atoms with van der Waals surface area (Å²) in [6.45, 7) is -0.874. The number of aliphatic carboxylic acids is 1. The van der Waals surface area contributed by atoms with Crippen molar-refractivity contribution in [2.45, 2.75) is 6.18 Å². The van der Waals surface area contributed by atoms with E-state index in [9.17, 15) is 28.1 Å². The normalized spacial score (nSPS) is 10.8. The van der Waals surface area contributed by atoms with Gasteiger partial charge in [0.05, 0.1) is 11.5 Å². The zero-order valence-electron chi connectivity index (χ0n) is 10.4. The minimum Gasteiger partial charge on any atom is -0.480 e. The molecular weight excluding hydrogens is 293 g/mol. The number of terminal acetylenes is 1. The Kier molecular flexibility index (Phi) is 4.75. The summed E-state index contributed by atoms with van der Waals surface area (Å²) in [5.41, 5.74) is -2.73. The van der Waals surface area contributed by atoms with Crippen molar-refractivity contribution in [3.05, 3.63) is 33.9 Å². The Bertz CT molecular complexity index is 608. The number of carbonyl (C=O) groups is 1. The zero-order valence-corrected chi connectivity index (χ0v) is 10.4. The number of carboxylic acids is 1. The summed E-state index contributed by atoms with van der Waals surface area (Å²) in [7, 11) is 0. The maximum atomic E-state index is 12.8. The highest BCUT2D eigenvalue weighted by Gasteiger charge is 2.38. The van der Waals surface area contributed by atoms with Gasteiger partial charge >= 0.3 is 12.1 Å². The van der Waals surface area contributed by atoms with Crippen LogP contribution in [-0.4, -0.2) is 29.1 Å². The fourth-order valence-corrected chi connectivity index (χ4v) is 1.62. The molecule has 1 N–H and O–H groups in total. The standard InChI is InChI=1S/C12H9F3N2O4/c1-2-5-16(7-11(18)19)8-3-4-10(17(20)21)9(6-8)12(13,14)15/h1,3-4,6H,5,7H2,(H,18,19). The number of anilines is 1. The van der Waals surface area contributed by atoms with E-state index in [1.165, 1.54) is 0 Å². The zero-order chi connectivity index (χ0) is 16.2. The summed E-state index contributed by atoms with van der Waals surface area (Å²) in [4.78, 5) is 21.1. The third-order valence-corrected chi connectivity index (χ3v) is 2.46. The number of nitrogens with zero attached hydrogens (tertiary/aromatic N) is 2. The van der Waals surface area contributed by atoms with Crippen molar-refractivity contribution in [1.82, 2.24) is 0 Å². The number of hydrogen-bond donors (Lipinski definition) is 1. The highest BCUT2D eigenvalue weighted by atomic mass is 19.4. The number of alkyl halides is 3. The first kappa shape index (κ1) is 16.3. The van der Waals surface area contributed by atoms with Gasteiger partial charge < -0.3 is 10.0 Å². The lowest BCUT2D eigenvalue weighted by Crippen LogP contribution is -2.30. The van der Waals surface area contributed by atoms with Crippen LogP contribution in [0.15, 0.2) is 18.2 Å². The quantitative estimate of drug-likeness (QED) is 0.512. The molecule has 112 valence electrons. The largest absolute Gasteiger partial charge is 0.480 e. The SMILES string of the molecule is C#CCN(CC(=O)O)c1ccc([N+](=O)[O-])c(C(F)(F)F)c1. The Morgan fingerprint density at radius 2 is 2.10 bits per heavy atom. The number of halogens is 3. The molecule has 0 saturated carbocycles. The van der Waals surface area contributed by atoms with E-state index in [1.807, 2.05) is 0 Å². The van der Waals surface area contributed by atoms with Gasteiger partial charge in [0.2, 0.25) is 0 Å². The molecule has 1 aromatic rings. The molecule has 1 aromatic carbocycles. The number of rotatable bonds is 5. The van der Waals surface area contributed by atoms with Gasteiger partial charge in [-0.1, -0.05) is 5.92 Å². The molecule has 0 fully saturated rings. The third-order valence-electron chi connectivity index (χ3n) is 2.46. The number of carboxylic acid groups (broad SMARTS) is 1. The van der Waals surface area contributed by atoms with Crippen molar-refractivity contribution < 1.29 is 28.0 Å². The van der Waals surface area contributed by atoms with Crippen LogP contribution in [-0.2, 0) is 11.0 Å². The fourth-order valence-electron chi connectivity index (χ4n) is 1.62. The first-order valence-electron chi connectivity index (χ1n) is 5.42. The molecule has 0 radical (unpaired) electrons. The topological polar surface area (TPSA) is 83.7 Å². The van der Waals surface area contributed by atoms with Gasteiger partial charge in [-0.25, -0.2) is 0 Å². The molecule has 0 unspecified atom stereocenters. The highest BCUT2D eigenvalue weighted by molar-refractivity contribution is 5.74. The van der Waals surface area contributed by atoms with Crippen molar-refractivity contribution in [3.8, 4) is 12.3 Å². The molecule has 0 amide bonds. The Balaban J connectivity index is 3.35. The second-order valence-corrected chi connectivity index (χ2v) is 3.91. The summed E-state index contributed by atoms with van der Waals surface area (Å²) in [5, 5.41) is 19.3. The van der Waals surface area contributed by atoms with Crippen LogP contribution in [0.4, 0.5) is 24.5 Å². The molecule has 0 saturated heterocycles. The van der Waals surface area contributed by atoms with Crippen LogP contribution in [0.1, 0.15) is 5.56 Å². The van der Waals surface area contributed by atoms with Crippen molar-refractivity contribution in [3.63, 3.8) is 0 Å². The Morgan fingerprint density at radius 3 is 2.52 bits per heavy atom. The summed E-state index contributed by atoms with van der Waals surface area (Å²) >= 11 is 0. The van der Waals surface area contributed by atoms with Gasteiger partial charge in [-0.15, -0.1) is 6.42 Å². The van der Waals surface area contributed by atoms with Crippen molar-refractivity contribution in [2.75, 3.05) is 18.0 Å². The molecule has 0 spiro atoms. The maximum absolute atomic E-state index is 12.8. The molecule has 0 aromatic heterocycles. The van der Waals surface area contributed by atoms with E-state index >= 15 is 0 Å². The molecule has 0 aliphatic rings. The van der Waals surface area contributed by atoms with E-state index in [1.54, 1.807) is 0 Å². The van der Waals surface area contributed by atoms with E-state index in [2.05, 4.69) is 5.92 Å². The molecule has 1 rings (SSSR count). The van der Waals surface area contributed by atoms with Crippen molar-refractivity contribution in [1.29, 1.82) is 0 Å². The fraction of sp³-hybridized carbons (Fsp3) is 0.250. The second-order valence-electron chi connectivity index (χ2n) is 3.91. The lowest BCUT2D eigenvalue weighted by atomic mass is 10.1. The van der Waals surface area contributed by atoms with E-state index in [0.29, 0.717) is 12.1 Å². The van der Waals surface area contributed by atoms with E-state index in [0.717, 1.165) is 11.0 Å². The van der Waals surface area contributed by atoms with E-state index in [4.69, 9.17) is 11.5 Å². The smallest absolute Gasteiger partial charge is 0.423 e. The molecule has 21 heavy (non-hydrogen) atoms. The minimum absolute atomic E-state index is 0.159. The predicted molar refractivity (Wildman–Crippen MR) is 66.8 cm³/mol. The van der Waals surface area contributed by atoms with Gasteiger partial charge in [-0.2, -0.15) is 13.2 Å². The van der Waals surface area contributed by atoms with Gasteiger partial charge in [0.15, 0.2) is 0 Å². The van der Waals surface area contributed by atoms with Crippen LogP contribution in [0.2, 0.25) is 0 Å². The maximum Gasteiger partial charge on any atom is 0.423 e. The molecule has 9 heteroatoms. The molecule has 6 nitrogen and oxygen atoms in total. The summed E-state index contributed by atoms with van der Waals surface area (Å²) in [5.74, 6) is 0.820. The lowest BCUT2D eigenvalue weighted by molar-refractivity contribution is -0.388. The average Bonchev–Trinajstić information content (AvgIpc) is 2.36. The Labute approximate surface area is 116 Å². The van der Waals surface area contributed by atoms with Crippen molar-refractivity contribution >= 4 is 17.3 Å². The summed E-state index contributed by atoms with van der Waals surface area (Å²) in [6.07, 6.45) is 0.0884.